The van der Waals surface area contributed by atoms with Gasteiger partial charge in [0.05, 0.1) is 11.1 Å². The van der Waals surface area contributed by atoms with Crippen LogP contribution in [0.25, 0.3) is 0 Å². The van der Waals surface area contributed by atoms with E-state index in [9.17, 15) is 8.42 Å². The summed E-state index contributed by atoms with van der Waals surface area (Å²) in [6.45, 7) is 1.14. The molecule has 26 heavy (non-hydrogen) atoms. The number of rotatable bonds is 2. The topological polar surface area (TPSA) is 96.5 Å². The highest BCUT2D eigenvalue weighted by Gasteiger charge is 2.23. The highest BCUT2D eigenvalue weighted by molar-refractivity contribution is 9.10. The van der Waals surface area contributed by atoms with Gasteiger partial charge in [0.15, 0.2) is 0 Å². The van der Waals surface area contributed by atoms with Crippen molar-refractivity contribution in [2.45, 2.75) is 17.7 Å². The van der Waals surface area contributed by atoms with E-state index in [1.165, 1.54) is 24.5 Å². The van der Waals surface area contributed by atoms with Gasteiger partial charge >= 0.3 is 0 Å². The minimum atomic E-state index is -3.60. The molecule has 1 aromatic heterocycles. The standard InChI is InChI=1S/C16H20BrN5O3S/c1-22(2)26(23,24)14-6-5-11-9-13(14)25-8-4-3-7-18-15-12(17)10-19-16(20-11)21-15/h5-6,9-10H,3-4,7-8H2,1-2H3,(H2,18,19,20,21). The summed E-state index contributed by atoms with van der Waals surface area (Å²) in [5.41, 5.74) is 0.644. The predicted octanol–water partition coefficient (Wildman–Crippen LogP) is 2.82. The second-order valence-corrected chi connectivity index (χ2v) is 8.92. The number of nitrogens with one attached hydrogen (secondary N) is 2. The molecule has 3 rings (SSSR count). The molecule has 2 heterocycles. The van der Waals surface area contributed by atoms with E-state index < -0.39 is 10.0 Å². The Morgan fingerprint density at radius 1 is 1.27 bits per heavy atom. The smallest absolute Gasteiger partial charge is 0.246 e. The minimum Gasteiger partial charge on any atom is -0.492 e. The van der Waals surface area contributed by atoms with Crippen LogP contribution in [-0.2, 0) is 10.0 Å². The zero-order chi connectivity index (χ0) is 18.7. The van der Waals surface area contributed by atoms with Gasteiger partial charge in [0.25, 0.3) is 0 Å². The maximum Gasteiger partial charge on any atom is 0.246 e. The van der Waals surface area contributed by atoms with Crippen LogP contribution in [0.3, 0.4) is 0 Å². The lowest BCUT2D eigenvalue weighted by molar-refractivity contribution is 0.300. The average Bonchev–Trinajstić information content (AvgIpc) is 2.60. The first-order chi connectivity index (χ1) is 12.4. The quantitative estimate of drug-likeness (QED) is 0.739. The predicted molar refractivity (Wildman–Crippen MR) is 104 cm³/mol. The van der Waals surface area contributed by atoms with Crippen molar-refractivity contribution in [1.82, 2.24) is 14.3 Å². The number of nitrogens with zero attached hydrogens (tertiary/aromatic N) is 3. The molecule has 2 aromatic rings. The first-order valence-corrected chi connectivity index (χ1v) is 10.3. The zero-order valence-corrected chi connectivity index (χ0v) is 16.9. The third-order valence-corrected chi connectivity index (χ3v) is 6.26. The summed E-state index contributed by atoms with van der Waals surface area (Å²) < 4.78 is 32.8. The molecule has 0 saturated carbocycles. The fraction of sp³-hybridized carbons (Fsp3) is 0.375. The van der Waals surface area contributed by atoms with Gasteiger partial charge in [-0.3, -0.25) is 0 Å². The van der Waals surface area contributed by atoms with Crippen LogP contribution in [-0.4, -0.2) is 49.9 Å². The van der Waals surface area contributed by atoms with Crippen molar-refractivity contribution in [3.63, 3.8) is 0 Å². The monoisotopic (exact) mass is 441 g/mol. The van der Waals surface area contributed by atoms with E-state index in [1.54, 1.807) is 18.3 Å². The summed E-state index contributed by atoms with van der Waals surface area (Å²) in [4.78, 5) is 8.82. The van der Waals surface area contributed by atoms with Crippen molar-refractivity contribution < 1.29 is 13.2 Å². The average molecular weight is 442 g/mol. The number of ether oxygens (including phenoxy) is 1. The summed E-state index contributed by atoms with van der Waals surface area (Å²) in [6, 6.07) is 4.86. The van der Waals surface area contributed by atoms with Crippen molar-refractivity contribution >= 4 is 43.4 Å². The van der Waals surface area contributed by atoms with Crippen LogP contribution in [0.2, 0.25) is 0 Å². The summed E-state index contributed by atoms with van der Waals surface area (Å²) in [7, 11) is -0.611. The van der Waals surface area contributed by atoms with Gasteiger partial charge in [-0.05, 0) is 40.9 Å². The first kappa shape index (κ1) is 18.9. The van der Waals surface area contributed by atoms with Crippen molar-refractivity contribution in [2.75, 3.05) is 37.9 Å². The van der Waals surface area contributed by atoms with E-state index in [4.69, 9.17) is 4.74 Å². The Kier molecular flexibility index (Phi) is 5.64. The van der Waals surface area contributed by atoms with Crippen LogP contribution < -0.4 is 15.4 Å². The van der Waals surface area contributed by atoms with Gasteiger partial charge in [-0.15, -0.1) is 0 Å². The van der Waals surface area contributed by atoms with E-state index in [0.717, 1.165) is 23.9 Å². The maximum absolute atomic E-state index is 12.5. The Morgan fingerprint density at radius 2 is 2.08 bits per heavy atom. The molecule has 0 amide bonds. The number of benzene rings is 1. The molecule has 0 aliphatic carbocycles. The summed E-state index contributed by atoms with van der Waals surface area (Å²) in [5.74, 6) is 1.42. The molecule has 1 aliphatic rings. The summed E-state index contributed by atoms with van der Waals surface area (Å²) >= 11 is 3.43. The van der Waals surface area contributed by atoms with Crippen LogP contribution in [0, 0.1) is 0 Å². The largest absolute Gasteiger partial charge is 0.492 e. The highest BCUT2D eigenvalue weighted by atomic mass is 79.9. The third kappa shape index (κ3) is 4.08. The van der Waals surface area contributed by atoms with Crippen LogP contribution in [0.4, 0.5) is 17.5 Å². The Balaban J connectivity index is 2.02. The Bertz CT molecular complexity index is 905. The molecule has 2 N–H and O–H groups in total. The summed E-state index contributed by atoms with van der Waals surface area (Å²) in [5, 5.41) is 6.34. The van der Waals surface area contributed by atoms with E-state index in [2.05, 4.69) is 36.5 Å². The maximum atomic E-state index is 12.5. The lowest BCUT2D eigenvalue weighted by Crippen LogP contribution is -2.23. The fourth-order valence-electron chi connectivity index (χ4n) is 2.40. The SMILES string of the molecule is CN(C)S(=O)(=O)c1ccc2cc1OCCCCNc1nc(ncc1Br)N2. The highest BCUT2D eigenvalue weighted by Crippen LogP contribution is 2.31. The molecule has 0 fully saturated rings. The van der Waals surface area contributed by atoms with E-state index in [0.29, 0.717) is 29.8 Å². The molecule has 4 bridgehead atoms. The van der Waals surface area contributed by atoms with Crippen LogP contribution in [0.15, 0.2) is 33.8 Å². The number of halogens is 1. The second-order valence-electron chi connectivity index (χ2n) is 5.95. The van der Waals surface area contributed by atoms with Gasteiger partial charge in [0, 0.05) is 38.6 Å². The number of hydrogen-bond acceptors (Lipinski definition) is 7. The molecule has 8 nitrogen and oxygen atoms in total. The van der Waals surface area contributed by atoms with E-state index in [1.807, 2.05) is 0 Å². The molecule has 0 radical (unpaired) electrons. The van der Waals surface area contributed by atoms with Gasteiger partial charge in [-0.1, -0.05) is 0 Å². The van der Waals surface area contributed by atoms with Gasteiger partial charge in [-0.2, -0.15) is 4.98 Å². The van der Waals surface area contributed by atoms with Crippen molar-refractivity contribution in [3.8, 4) is 5.75 Å². The molecule has 0 saturated heterocycles. The molecule has 0 atom stereocenters. The number of anilines is 3. The van der Waals surface area contributed by atoms with Crippen molar-refractivity contribution in [3.05, 3.63) is 28.9 Å². The number of sulfonamides is 1. The first-order valence-electron chi connectivity index (χ1n) is 8.11. The molecule has 10 heteroatoms. The molecular weight excluding hydrogens is 422 g/mol. The van der Waals surface area contributed by atoms with Crippen LogP contribution >= 0.6 is 15.9 Å². The van der Waals surface area contributed by atoms with E-state index >= 15 is 0 Å². The molecule has 1 aromatic carbocycles. The molecular formula is C16H20BrN5O3S. The number of hydrogen-bond donors (Lipinski definition) is 2. The zero-order valence-electron chi connectivity index (χ0n) is 14.5. The molecule has 1 aliphatic heterocycles. The van der Waals surface area contributed by atoms with Crippen LogP contribution in [0.1, 0.15) is 12.8 Å². The number of aromatic nitrogens is 2. The molecule has 140 valence electrons. The normalized spacial score (nSPS) is 14.9. The van der Waals surface area contributed by atoms with Crippen molar-refractivity contribution in [1.29, 1.82) is 0 Å². The number of fused-ring (bicyclic) bond motifs is 4. The Hall–Kier alpha value is -1.91. The fourth-order valence-corrected chi connectivity index (χ4v) is 3.74. The van der Waals surface area contributed by atoms with Gasteiger partial charge < -0.3 is 15.4 Å². The van der Waals surface area contributed by atoms with Crippen LogP contribution in [0.5, 0.6) is 5.75 Å². The van der Waals surface area contributed by atoms with Gasteiger partial charge in [0.2, 0.25) is 16.0 Å². The lowest BCUT2D eigenvalue weighted by atomic mass is 10.3. The van der Waals surface area contributed by atoms with Gasteiger partial charge in [-0.25, -0.2) is 17.7 Å². The Labute approximate surface area is 161 Å². The third-order valence-electron chi connectivity index (χ3n) is 3.82. The minimum absolute atomic E-state index is 0.137. The van der Waals surface area contributed by atoms with E-state index in [-0.39, 0.29) is 4.90 Å². The van der Waals surface area contributed by atoms with Gasteiger partial charge in [0.1, 0.15) is 16.5 Å². The summed E-state index contributed by atoms with van der Waals surface area (Å²) in [6.07, 6.45) is 3.30. The molecule has 0 spiro atoms. The lowest BCUT2D eigenvalue weighted by Gasteiger charge is -2.17. The Morgan fingerprint density at radius 3 is 2.85 bits per heavy atom. The second kappa shape index (κ2) is 7.77. The van der Waals surface area contributed by atoms with Crippen molar-refractivity contribution in [2.24, 2.45) is 0 Å². The molecule has 0 unspecified atom stereocenters.